The van der Waals surface area contributed by atoms with Gasteiger partial charge >= 0.3 is 0 Å². The number of hydrogen-bond donors (Lipinski definition) is 0. The van der Waals surface area contributed by atoms with Crippen molar-refractivity contribution >= 4 is 51.6 Å². The van der Waals surface area contributed by atoms with Crippen LogP contribution < -0.4 is 10.2 Å². The van der Waals surface area contributed by atoms with E-state index in [1.807, 2.05) is 24.3 Å². The van der Waals surface area contributed by atoms with Crippen molar-refractivity contribution < 1.29 is 13.7 Å². The van der Waals surface area contributed by atoms with Gasteiger partial charge in [-0.25, -0.2) is 18.8 Å². The Balaban J connectivity index is 1.65. The highest BCUT2D eigenvalue weighted by Gasteiger charge is 2.46. The fourth-order valence-electron chi connectivity index (χ4n) is 5.46. The van der Waals surface area contributed by atoms with E-state index in [-0.39, 0.29) is 11.2 Å². The van der Waals surface area contributed by atoms with E-state index in [0.717, 1.165) is 26.7 Å². The van der Waals surface area contributed by atoms with Crippen molar-refractivity contribution in [3.8, 4) is 0 Å². The summed E-state index contributed by atoms with van der Waals surface area (Å²) in [5, 5.41) is 1.02. The fourth-order valence-corrected chi connectivity index (χ4v) is 8.77. The lowest BCUT2D eigenvalue weighted by Gasteiger charge is -2.41. The van der Waals surface area contributed by atoms with Gasteiger partial charge in [-0.2, -0.15) is 0 Å². The molecule has 3 aromatic carbocycles. The van der Waals surface area contributed by atoms with Crippen molar-refractivity contribution in [1.82, 2.24) is 4.67 Å². The van der Waals surface area contributed by atoms with Gasteiger partial charge in [0.1, 0.15) is 5.82 Å². The average molecular weight is 597 g/mol. The van der Waals surface area contributed by atoms with Gasteiger partial charge in [0.15, 0.2) is 0 Å². The lowest BCUT2D eigenvalue weighted by molar-refractivity contribution is 0.0716. The van der Waals surface area contributed by atoms with Crippen LogP contribution in [0.1, 0.15) is 31.9 Å². The first-order chi connectivity index (χ1) is 18.2. The van der Waals surface area contributed by atoms with Gasteiger partial charge in [-0.1, -0.05) is 29.8 Å². The molecule has 0 saturated carbocycles. The number of hydrogen-bond acceptors (Lipinski definition) is 5. The molecule has 0 aromatic heterocycles. The maximum atomic E-state index is 13.8. The molecule has 0 spiro atoms. The van der Waals surface area contributed by atoms with Crippen molar-refractivity contribution in [3.63, 3.8) is 0 Å². The zero-order valence-electron chi connectivity index (χ0n) is 22.0. The van der Waals surface area contributed by atoms with Crippen molar-refractivity contribution in [2.75, 3.05) is 38.3 Å². The Kier molecular flexibility index (Phi) is 6.50. The highest BCUT2D eigenvalue weighted by Crippen LogP contribution is 2.61. The van der Waals surface area contributed by atoms with E-state index in [9.17, 15) is 4.39 Å². The van der Waals surface area contributed by atoms with E-state index in [1.165, 1.54) is 23.4 Å². The van der Waals surface area contributed by atoms with Crippen molar-refractivity contribution in [1.29, 1.82) is 0 Å². The fraction of sp³-hybridized carbons (Fsp3) is 0.345. The summed E-state index contributed by atoms with van der Waals surface area (Å²) in [5.74, 6) is 0.168. The lowest BCUT2D eigenvalue weighted by Crippen LogP contribution is -2.39. The number of ether oxygens (including phenoxy) is 1. The van der Waals surface area contributed by atoms with Crippen molar-refractivity contribution in [3.05, 3.63) is 82.1 Å². The number of nitrogens with zero attached hydrogens (tertiary/aromatic N) is 4. The first kappa shape index (κ1) is 25.8. The molecule has 0 bridgehead atoms. The Labute approximate surface area is 231 Å². The summed E-state index contributed by atoms with van der Waals surface area (Å²) in [6.45, 7) is 9.46. The molecule has 0 N–H and O–H groups in total. The first-order valence-electron chi connectivity index (χ1n) is 12.9. The third-order valence-corrected chi connectivity index (χ3v) is 11.7. The van der Waals surface area contributed by atoms with Crippen LogP contribution in [0.15, 0.2) is 74.9 Å². The van der Waals surface area contributed by atoms with Crippen molar-refractivity contribution in [2.24, 2.45) is 9.74 Å². The molecule has 6 rings (SSSR count). The quantitative estimate of drug-likeness (QED) is 0.302. The molecule has 3 heterocycles. The average Bonchev–Trinajstić information content (AvgIpc) is 3.09. The predicted octanol–water partition coefficient (Wildman–Crippen LogP) is 7.13. The van der Waals surface area contributed by atoms with E-state index in [2.05, 4.69) is 65.5 Å². The minimum atomic E-state index is -2.83. The van der Waals surface area contributed by atoms with Crippen LogP contribution in [0.5, 0.6) is 0 Å². The molecule has 3 aromatic rings. The monoisotopic (exact) mass is 596 g/mol. The summed E-state index contributed by atoms with van der Waals surface area (Å²) in [5.41, 5.74) is 4.81. The highest BCUT2D eigenvalue weighted by atomic mass is 79.9. The van der Waals surface area contributed by atoms with Crippen LogP contribution in [0.25, 0.3) is 0 Å². The van der Waals surface area contributed by atoms with Crippen LogP contribution in [0.3, 0.4) is 0 Å². The molecule has 2 atom stereocenters. The topological polar surface area (TPSA) is 49.7 Å². The second-order valence-electron chi connectivity index (χ2n) is 10.6. The number of anilines is 1. The molecule has 3 aliphatic heterocycles. The summed E-state index contributed by atoms with van der Waals surface area (Å²) in [6, 6.07) is 19.1. The minimum Gasteiger partial charge on any atom is -0.424 e. The zero-order valence-corrected chi connectivity index (χ0v) is 24.5. The van der Waals surface area contributed by atoms with Crippen LogP contribution >= 0.6 is 23.4 Å². The molecule has 0 amide bonds. The lowest BCUT2D eigenvalue weighted by atomic mass is 9.81. The number of rotatable bonds is 3. The third kappa shape index (κ3) is 4.22. The van der Waals surface area contributed by atoms with Gasteiger partial charge in [-0.15, -0.1) is 0 Å². The Morgan fingerprint density at radius 3 is 2.42 bits per heavy atom. The Hall–Kier alpha value is -2.51. The molecule has 3 aliphatic rings. The van der Waals surface area contributed by atoms with E-state index < -0.39 is 7.43 Å². The summed E-state index contributed by atoms with van der Waals surface area (Å²) in [7, 11) is -0.690. The Morgan fingerprint density at radius 1 is 1.05 bits per heavy atom. The maximum Gasteiger partial charge on any atom is 0.242 e. The van der Waals surface area contributed by atoms with Gasteiger partial charge in [0, 0.05) is 47.3 Å². The summed E-state index contributed by atoms with van der Waals surface area (Å²) in [6.07, 6.45) is 0. The molecule has 0 radical (unpaired) electrons. The van der Waals surface area contributed by atoms with Gasteiger partial charge in [-0.3, -0.25) is 0 Å². The summed E-state index contributed by atoms with van der Waals surface area (Å²) >= 11 is 3.54. The molecule has 198 valence electrons. The number of aliphatic imine (C=N–C) groups is 1. The second-order valence-corrected chi connectivity index (χ2v) is 14.0. The van der Waals surface area contributed by atoms with E-state index in [1.54, 1.807) is 12.1 Å². The molecule has 1 saturated heterocycles. The first-order valence-corrected chi connectivity index (χ1v) is 15.3. The zero-order chi connectivity index (χ0) is 26.7. The summed E-state index contributed by atoms with van der Waals surface area (Å²) < 4.78 is 35.3. The van der Waals surface area contributed by atoms with Crippen LogP contribution in [0, 0.1) is 5.82 Å². The van der Waals surface area contributed by atoms with Crippen LogP contribution in [-0.2, 0) is 14.7 Å². The standard InChI is InChI=1S/C29H31BrFN4O2P/c1-19-29(2,3)24-17-27-25(18-26(24)34(19)4)32-28(20-5-9-22(31)10-6-20)37-38(27,35-13-15-36-16-14-35)33-23-11-7-21(30)8-12-23/h5-12,17-19H,13-16H2,1-4H3/t19-,38+/m0/s1. The van der Waals surface area contributed by atoms with Gasteiger partial charge in [0.2, 0.25) is 13.3 Å². The van der Waals surface area contributed by atoms with Gasteiger partial charge in [0.25, 0.3) is 0 Å². The highest BCUT2D eigenvalue weighted by molar-refractivity contribution is 9.10. The van der Waals surface area contributed by atoms with E-state index in [4.69, 9.17) is 19.0 Å². The number of halogens is 2. The molecule has 1 fully saturated rings. The SMILES string of the molecule is C[C@@H]1N(C)c2cc3c(cc2C1(C)C)[P@@](=Nc1ccc(Br)cc1)(N1CCOCC1)OC(c1ccc(F)cc1)=N3. The normalized spacial score (nSPS) is 24.3. The molecular formula is C29H31BrFN4O2P. The van der Waals surface area contributed by atoms with Crippen LogP contribution in [0.4, 0.5) is 21.5 Å². The number of fused-ring (bicyclic) bond motifs is 2. The maximum absolute atomic E-state index is 13.8. The van der Waals surface area contributed by atoms with Crippen molar-refractivity contribution in [2.45, 2.75) is 32.2 Å². The molecule has 6 nitrogen and oxygen atoms in total. The number of benzene rings is 3. The molecule has 0 aliphatic carbocycles. The molecule has 38 heavy (non-hydrogen) atoms. The molecule has 9 heteroatoms. The third-order valence-electron chi connectivity index (χ3n) is 8.08. The van der Waals surface area contributed by atoms with Gasteiger partial charge < -0.3 is 14.2 Å². The number of likely N-dealkylation sites (N-methyl/N-ethyl adjacent to an activating group) is 1. The van der Waals surface area contributed by atoms with E-state index in [0.29, 0.717) is 38.2 Å². The summed E-state index contributed by atoms with van der Waals surface area (Å²) in [4.78, 5) is 7.36. The smallest absolute Gasteiger partial charge is 0.242 e. The minimum absolute atomic E-state index is 0.0572. The molecule has 0 unspecified atom stereocenters. The Bertz CT molecular complexity index is 1470. The number of morpholine rings is 1. The predicted molar refractivity (Wildman–Crippen MR) is 156 cm³/mol. The van der Waals surface area contributed by atoms with Crippen LogP contribution in [-0.4, -0.2) is 50.0 Å². The largest absolute Gasteiger partial charge is 0.424 e. The second kappa shape index (κ2) is 9.60. The van der Waals surface area contributed by atoms with Gasteiger partial charge in [-0.05, 0) is 73.2 Å². The van der Waals surface area contributed by atoms with Crippen LogP contribution in [0.2, 0.25) is 0 Å². The Morgan fingerprint density at radius 2 is 1.74 bits per heavy atom. The molecular weight excluding hydrogens is 566 g/mol. The van der Waals surface area contributed by atoms with Gasteiger partial charge in [0.05, 0.1) is 29.9 Å². The van der Waals surface area contributed by atoms with E-state index >= 15 is 0 Å².